The Morgan fingerprint density at radius 1 is 0.963 bits per heavy atom. The number of hydrogen-bond donors (Lipinski definition) is 3. The number of halogens is 1. The third-order valence-corrected chi connectivity index (χ3v) is 4.17. The zero-order valence-corrected chi connectivity index (χ0v) is 18.5. The van der Waals surface area contributed by atoms with Crippen LogP contribution in [0.1, 0.15) is 27.0 Å². The van der Waals surface area contributed by atoms with Crippen LogP contribution in [-0.2, 0) is 12.8 Å². The van der Waals surface area contributed by atoms with Crippen LogP contribution in [0.4, 0.5) is 0 Å². The molecule has 0 atom stereocenters. The van der Waals surface area contributed by atoms with E-state index in [4.69, 9.17) is 0 Å². The van der Waals surface area contributed by atoms with Gasteiger partial charge in [0.05, 0.1) is 0 Å². The molecule has 0 aliphatic rings. The number of carbonyl (C=O) groups excluding carboxylic acids is 1. The molecule has 0 saturated carbocycles. The number of guanidine groups is 1. The lowest BCUT2D eigenvalue weighted by Crippen LogP contribution is -2.39. The van der Waals surface area contributed by atoms with E-state index >= 15 is 0 Å². The molecule has 0 aromatic heterocycles. The van der Waals surface area contributed by atoms with Gasteiger partial charge < -0.3 is 16.0 Å². The monoisotopic (exact) mass is 480 g/mol. The summed E-state index contributed by atoms with van der Waals surface area (Å²) in [6, 6.07) is 16.3. The quantitative estimate of drug-likeness (QED) is 0.325. The van der Waals surface area contributed by atoms with Gasteiger partial charge in [-0.25, -0.2) is 0 Å². The van der Waals surface area contributed by atoms with Gasteiger partial charge in [0, 0.05) is 32.7 Å². The second-order valence-electron chi connectivity index (χ2n) is 6.19. The Bertz CT molecular complexity index is 744. The van der Waals surface area contributed by atoms with Crippen molar-refractivity contribution in [2.75, 3.05) is 27.2 Å². The molecule has 0 fully saturated rings. The number of rotatable bonds is 7. The van der Waals surface area contributed by atoms with Gasteiger partial charge in [0.15, 0.2) is 5.96 Å². The van der Waals surface area contributed by atoms with E-state index in [-0.39, 0.29) is 29.9 Å². The van der Waals surface area contributed by atoms with Gasteiger partial charge >= 0.3 is 0 Å². The summed E-state index contributed by atoms with van der Waals surface area (Å²) >= 11 is 0. The molecular weight excluding hydrogens is 451 g/mol. The predicted molar refractivity (Wildman–Crippen MR) is 123 cm³/mol. The lowest BCUT2D eigenvalue weighted by atomic mass is 10.1. The second kappa shape index (κ2) is 12.3. The Labute approximate surface area is 179 Å². The number of nitrogens with zero attached hydrogens (tertiary/aromatic N) is 1. The SMILES string of the molecule is CN=C(NCCc1ccc(C)cc1)NCCc1cccc(C(=O)NC)c1.I. The smallest absolute Gasteiger partial charge is 0.251 e. The van der Waals surface area contributed by atoms with Crippen LogP contribution in [0.2, 0.25) is 0 Å². The largest absolute Gasteiger partial charge is 0.356 e. The molecule has 0 aliphatic heterocycles. The van der Waals surface area contributed by atoms with E-state index in [1.165, 1.54) is 11.1 Å². The van der Waals surface area contributed by atoms with E-state index in [1.54, 1.807) is 14.1 Å². The molecule has 6 heteroatoms. The molecule has 0 heterocycles. The van der Waals surface area contributed by atoms with Crippen molar-refractivity contribution in [2.45, 2.75) is 19.8 Å². The highest BCUT2D eigenvalue weighted by molar-refractivity contribution is 14.0. The summed E-state index contributed by atoms with van der Waals surface area (Å²) in [6.07, 6.45) is 1.78. The van der Waals surface area contributed by atoms with Crippen LogP contribution < -0.4 is 16.0 Å². The first kappa shape index (κ1) is 23.0. The van der Waals surface area contributed by atoms with Crippen molar-refractivity contribution < 1.29 is 4.79 Å². The predicted octanol–water partition coefficient (Wildman–Crippen LogP) is 2.92. The van der Waals surface area contributed by atoms with Crippen LogP contribution in [0.25, 0.3) is 0 Å². The highest BCUT2D eigenvalue weighted by atomic mass is 127. The first-order chi connectivity index (χ1) is 12.6. The third kappa shape index (κ3) is 7.99. The molecular formula is C21H29IN4O. The maximum absolute atomic E-state index is 11.7. The standard InChI is InChI=1S/C21H28N4O.HI/c1-16-7-9-17(10-8-16)11-13-24-21(23-3)25-14-12-18-5-4-6-19(15-18)20(26)22-2;/h4-10,15H,11-14H2,1-3H3,(H,22,26)(H2,23,24,25);1H. The summed E-state index contributed by atoms with van der Waals surface area (Å²) in [5, 5.41) is 9.29. The maximum Gasteiger partial charge on any atom is 0.251 e. The van der Waals surface area contributed by atoms with E-state index in [0.29, 0.717) is 5.56 Å². The fraction of sp³-hybridized carbons (Fsp3) is 0.333. The average molecular weight is 480 g/mol. The summed E-state index contributed by atoms with van der Waals surface area (Å²) in [4.78, 5) is 15.9. The Hall–Kier alpha value is -2.09. The minimum atomic E-state index is -0.0617. The van der Waals surface area contributed by atoms with Gasteiger partial charge in [0.1, 0.15) is 0 Å². The van der Waals surface area contributed by atoms with Crippen molar-refractivity contribution in [1.29, 1.82) is 0 Å². The Morgan fingerprint density at radius 3 is 2.19 bits per heavy atom. The Kier molecular flexibility index (Phi) is 10.5. The van der Waals surface area contributed by atoms with Crippen molar-refractivity contribution >= 4 is 35.8 Å². The Balaban J connectivity index is 0.00000364. The lowest BCUT2D eigenvalue weighted by Gasteiger charge is -2.12. The molecule has 0 saturated heterocycles. The van der Waals surface area contributed by atoms with Crippen molar-refractivity contribution in [1.82, 2.24) is 16.0 Å². The van der Waals surface area contributed by atoms with Gasteiger partial charge in [0.25, 0.3) is 5.91 Å². The van der Waals surface area contributed by atoms with Crippen molar-refractivity contribution in [3.8, 4) is 0 Å². The Morgan fingerprint density at radius 2 is 1.59 bits per heavy atom. The zero-order valence-electron chi connectivity index (χ0n) is 16.2. The molecule has 3 N–H and O–H groups in total. The highest BCUT2D eigenvalue weighted by Gasteiger charge is 2.04. The molecule has 0 unspecified atom stereocenters. The normalized spacial score (nSPS) is 10.7. The third-order valence-electron chi connectivity index (χ3n) is 4.17. The summed E-state index contributed by atoms with van der Waals surface area (Å²) < 4.78 is 0. The highest BCUT2D eigenvalue weighted by Crippen LogP contribution is 2.06. The minimum absolute atomic E-state index is 0. The fourth-order valence-electron chi connectivity index (χ4n) is 2.64. The van der Waals surface area contributed by atoms with Crippen LogP contribution in [0, 0.1) is 6.92 Å². The first-order valence-corrected chi connectivity index (χ1v) is 8.93. The van der Waals surface area contributed by atoms with Crippen LogP contribution in [-0.4, -0.2) is 39.1 Å². The maximum atomic E-state index is 11.7. The van der Waals surface area contributed by atoms with Crippen LogP contribution in [0.15, 0.2) is 53.5 Å². The summed E-state index contributed by atoms with van der Waals surface area (Å²) in [6.45, 7) is 3.68. The molecule has 2 aromatic carbocycles. The molecule has 2 aromatic rings. The number of carbonyl (C=O) groups is 1. The van der Waals surface area contributed by atoms with E-state index in [0.717, 1.165) is 37.5 Å². The average Bonchev–Trinajstić information content (AvgIpc) is 2.67. The van der Waals surface area contributed by atoms with E-state index in [9.17, 15) is 4.79 Å². The van der Waals surface area contributed by atoms with Crippen LogP contribution >= 0.6 is 24.0 Å². The van der Waals surface area contributed by atoms with Gasteiger partial charge in [-0.15, -0.1) is 24.0 Å². The summed E-state index contributed by atoms with van der Waals surface area (Å²) in [5.74, 6) is 0.730. The summed E-state index contributed by atoms with van der Waals surface area (Å²) in [7, 11) is 3.41. The molecule has 0 radical (unpaired) electrons. The molecule has 5 nitrogen and oxygen atoms in total. The van der Waals surface area contributed by atoms with Crippen molar-refractivity contribution in [3.63, 3.8) is 0 Å². The molecule has 0 spiro atoms. The number of hydrogen-bond acceptors (Lipinski definition) is 2. The molecule has 2 rings (SSSR count). The number of nitrogens with one attached hydrogen (secondary N) is 3. The van der Waals surface area contributed by atoms with Crippen LogP contribution in [0.3, 0.4) is 0 Å². The molecule has 27 heavy (non-hydrogen) atoms. The second-order valence-corrected chi connectivity index (χ2v) is 6.19. The summed E-state index contributed by atoms with van der Waals surface area (Å²) in [5.41, 5.74) is 4.39. The van der Waals surface area contributed by atoms with Crippen LogP contribution in [0.5, 0.6) is 0 Å². The topological polar surface area (TPSA) is 65.5 Å². The van der Waals surface area contributed by atoms with E-state index in [1.807, 2.05) is 24.3 Å². The number of aryl methyl sites for hydroxylation is 1. The molecule has 146 valence electrons. The van der Waals surface area contributed by atoms with E-state index in [2.05, 4.69) is 52.1 Å². The van der Waals surface area contributed by atoms with Crippen molar-refractivity contribution in [3.05, 3.63) is 70.8 Å². The molecule has 1 amide bonds. The van der Waals surface area contributed by atoms with Gasteiger partial charge in [-0.1, -0.05) is 42.0 Å². The van der Waals surface area contributed by atoms with Crippen molar-refractivity contribution in [2.24, 2.45) is 4.99 Å². The molecule has 0 aliphatic carbocycles. The lowest BCUT2D eigenvalue weighted by molar-refractivity contribution is 0.0963. The number of benzene rings is 2. The van der Waals surface area contributed by atoms with Gasteiger partial charge in [-0.2, -0.15) is 0 Å². The zero-order chi connectivity index (χ0) is 18.8. The number of aliphatic imine (C=N–C) groups is 1. The van der Waals surface area contributed by atoms with E-state index < -0.39 is 0 Å². The fourth-order valence-corrected chi connectivity index (χ4v) is 2.64. The first-order valence-electron chi connectivity index (χ1n) is 8.93. The molecule has 0 bridgehead atoms. The van der Waals surface area contributed by atoms with Gasteiger partial charge in [-0.3, -0.25) is 9.79 Å². The van der Waals surface area contributed by atoms with Gasteiger partial charge in [0.2, 0.25) is 0 Å². The number of amides is 1. The van der Waals surface area contributed by atoms with Gasteiger partial charge in [-0.05, 0) is 43.0 Å². The minimum Gasteiger partial charge on any atom is -0.356 e.